The van der Waals surface area contributed by atoms with Gasteiger partial charge in [0.25, 0.3) is 0 Å². The normalized spacial score (nSPS) is 10.8. The van der Waals surface area contributed by atoms with Crippen LogP contribution in [-0.4, -0.2) is 27.2 Å². The Hall–Kier alpha value is -1.67. The minimum atomic E-state index is 0.521. The molecule has 20 heavy (non-hydrogen) atoms. The minimum absolute atomic E-state index is 0.521. The largest absolute Gasteiger partial charge is 0.357 e. The second-order valence-electron chi connectivity index (χ2n) is 4.00. The molecule has 1 aromatic carbocycles. The zero-order valence-corrected chi connectivity index (χ0v) is 13.6. The summed E-state index contributed by atoms with van der Waals surface area (Å²) in [6, 6.07) is 5.87. The Labute approximate surface area is 131 Å². The first kappa shape index (κ1) is 13.3. The van der Waals surface area contributed by atoms with Crippen LogP contribution in [0.15, 0.2) is 33.3 Å². The molecule has 2 aromatic heterocycles. The lowest BCUT2D eigenvalue weighted by atomic mass is 10.3. The van der Waals surface area contributed by atoms with Gasteiger partial charge in [-0.3, -0.25) is 5.10 Å². The van der Waals surface area contributed by atoms with E-state index in [4.69, 9.17) is 0 Å². The molecule has 8 heteroatoms. The highest BCUT2D eigenvalue weighted by Crippen LogP contribution is 2.34. The van der Waals surface area contributed by atoms with Gasteiger partial charge >= 0.3 is 0 Å². The number of benzene rings is 1. The molecular formula is C12H10Br2N6. The van der Waals surface area contributed by atoms with E-state index in [2.05, 4.69) is 62.7 Å². The number of nitrogens with zero attached hydrogens (tertiary/aromatic N) is 3. The number of anilines is 3. The molecule has 0 aliphatic heterocycles. The zero-order chi connectivity index (χ0) is 14.1. The van der Waals surface area contributed by atoms with E-state index < -0.39 is 0 Å². The van der Waals surface area contributed by atoms with E-state index in [-0.39, 0.29) is 0 Å². The van der Waals surface area contributed by atoms with Gasteiger partial charge in [-0.05, 0) is 44.0 Å². The number of aromatic amines is 1. The molecule has 0 spiro atoms. The average Bonchev–Trinajstić information content (AvgIpc) is 2.91. The standard InChI is InChI=1S/C12H10Br2N6/c1-15-12-18-10(6-5-16-20-11(6)19-12)17-9-7(13)3-2-4-8(9)14/h2-5H,1H3,(H3,15,16,17,18,19,20). The van der Waals surface area contributed by atoms with Crippen LogP contribution in [0.5, 0.6) is 0 Å². The Kier molecular flexibility index (Phi) is 3.58. The number of hydrogen-bond acceptors (Lipinski definition) is 5. The van der Waals surface area contributed by atoms with E-state index in [1.165, 1.54) is 0 Å². The number of hydrogen-bond donors (Lipinski definition) is 3. The number of rotatable bonds is 3. The molecule has 3 N–H and O–H groups in total. The third-order valence-corrected chi connectivity index (χ3v) is 4.06. The zero-order valence-electron chi connectivity index (χ0n) is 10.4. The van der Waals surface area contributed by atoms with Gasteiger partial charge in [0.2, 0.25) is 5.95 Å². The van der Waals surface area contributed by atoms with Crippen molar-refractivity contribution in [3.63, 3.8) is 0 Å². The van der Waals surface area contributed by atoms with Crippen LogP contribution < -0.4 is 10.6 Å². The summed E-state index contributed by atoms with van der Waals surface area (Å²) in [5.74, 6) is 1.20. The molecule has 3 aromatic rings. The lowest BCUT2D eigenvalue weighted by Crippen LogP contribution is -2.02. The maximum atomic E-state index is 4.43. The van der Waals surface area contributed by atoms with Crippen molar-refractivity contribution in [2.24, 2.45) is 0 Å². The van der Waals surface area contributed by atoms with Crippen molar-refractivity contribution < 1.29 is 0 Å². The number of halogens is 2. The van der Waals surface area contributed by atoms with Crippen molar-refractivity contribution in [1.82, 2.24) is 20.2 Å². The van der Waals surface area contributed by atoms with Crippen molar-refractivity contribution in [3.8, 4) is 0 Å². The van der Waals surface area contributed by atoms with Crippen LogP contribution in [0.4, 0.5) is 17.5 Å². The van der Waals surface area contributed by atoms with Crippen LogP contribution in [0, 0.1) is 0 Å². The summed E-state index contributed by atoms with van der Waals surface area (Å²) >= 11 is 7.04. The van der Waals surface area contributed by atoms with E-state index in [0.29, 0.717) is 17.4 Å². The first-order valence-electron chi connectivity index (χ1n) is 5.79. The second kappa shape index (κ2) is 5.37. The number of fused-ring (bicyclic) bond motifs is 1. The molecule has 0 radical (unpaired) electrons. The summed E-state index contributed by atoms with van der Waals surface area (Å²) in [5, 5.41) is 13.9. The smallest absolute Gasteiger partial charge is 0.226 e. The number of aromatic nitrogens is 4. The van der Waals surface area contributed by atoms with Crippen molar-refractivity contribution >= 4 is 60.3 Å². The van der Waals surface area contributed by atoms with Crippen molar-refractivity contribution in [1.29, 1.82) is 0 Å². The Morgan fingerprint density at radius 2 is 1.90 bits per heavy atom. The van der Waals surface area contributed by atoms with E-state index in [0.717, 1.165) is 20.0 Å². The maximum absolute atomic E-state index is 4.43. The highest BCUT2D eigenvalue weighted by Gasteiger charge is 2.12. The molecule has 6 nitrogen and oxygen atoms in total. The lowest BCUT2D eigenvalue weighted by molar-refractivity contribution is 1.09. The van der Waals surface area contributed by atoms with Crippen LogP contribution in [0.1, 0.15) is 0 Å². The van der Waals surface area contributed by atoms with Gasteiger partial charge in [-0.2, -0.15) is 15.1 Å². The maximum Gasteiger partial charge on any atom is 0.226 e. The fourth-order valence-electron chi connectivity index (χ4n) is 1.78. The van der Waals surface area contributed by atoms with Crippen LogP contribution in [0.2, 0.25) is 0 Å². The first-order chi connectivity index (χ1) is 9.69. The summed E-state index contributed by atoms with van der Waals surface area (Å²) in [5.41, 5.74) is 1.57. The molecule has 0 aliphatic carbocycles. The average molecular weight is 398 g/mol. The summed E-state index contributed by atoms with van der Waals surface area (Å²) in [6.45, 7) is 0. The van der Waals surface area contributed by atoms with Gasteiger partial charge in [-0.25, -0.2) is 0 Å². The van der Waals surface area contributed by atoms with Crippen LogP contribution in [-0.2, 0) is 0 Å². The molecule has 0 amide bonds. The van der Waals surface area contributed by atoms with Crippen molar-refractivity contribution in [2.45, 2.75) is 0 Å². The molecule has 2 heterocycles. The number of H-pyrrole nitrogens is 1. The van der Waals surface area contributed by atoms with Gasteiger partial charge in [0.05, 0.1) is 17.3 Å². The van der Waals surface area contributed by atoms with E-state index in [1.807, 2.05) is 18.2 Å². The summed E-state index contributed by atoms with van der Waals surface area (Å²) < 4.78 is 1.88. The third kappa shape index (κ3) is 2.36. The van der Waals surface area contributed by atoms with E-state index in [9.17, 15) is 0 Å². The molecule has 0 aliphatic rings. The fourth-order valence-corrected chi connectivity index (χ4v) is 2.97. The molecule has 0 unspecified atom stereocenters. The minimum Gasteiger partial charge on any atom is -0.357 e. The molecule has 0 bridgehead atoms. The third-order valence-electron chi connectivity index (χ3n) is 2.74. The van der Waals surface area contributed by atoms with Crippen molar-refractivity contribution in [3.05, 3.63) is 33.3 Å². The van der Waals surface area contributed by atoms with E-state index in [1.54, 1.807) is 13.2 Å². The predicted octanol–water partition coefficient (Wildman–Crippen LogP) is 3.66. The number of nitrogens with one attached hydrogen (secondary N) is 3. The Bertz CT molecular complexity index is 749. The van der Waals surface area contributed by atoms with Crippen molar-refractivity contribution in [2.75, 3.05) is 17.7 Å². The lowest BCUT2D eigenvalue weighted by Gasteiger charge is -2.11. The molecular weight excluding hydrogens is 388 g/mol. The summed E-state index contributed by atoms with van der Waals surface area (Å²) in [4.78, 5) is 8.73. The molecule has 0 fully saturated rings. The Morgan fingerprint density at radius 1 is 1.15 bits per heavy atom. The quantitative estimate of drug-likeness (QED) is 0.628. The van der Waals surface area contributed by atoms with Gasteiger partial charge in [0, 0.05) is 16.0 Å². The first-order valence-corrected chi connectivity index (χ1v) is 7.37. The van der Waals surface area contributed by atoms with Crippen LogP contribution in [0.25, 0.3) is 11.0 Å². The van der Waals surface area contributed by atoms with Crippen LogP contribution in [0.3, 0.4) is 0 Å². The summed E-state index contributed by atoms with van der Waals surface area (Å²) in [7, 11) is 1.77. The monoisotopic (exact) mass is 396 g/mol. The fraction of sp³-hybridized carbons (Fsp3) is 0.0833. The van der Waals surface area contributed by atoms with Crippen LogP contribution >= 0.6 is 31.9 Å². The highest BCUT2D eigenvalue weighted by atomic mass is 79.9. The number of para-hydroxylation sites is 1. The molecule has 102 valence electrons. The van der Waals surface area contributed by atoms with Gasteiger partial charge in [-0.1, -0.05) is 6.07 Å². The molecule has 0 saturated heterocycles. The second-order valence-corrected chi connectivity index (χ2v) is 5.71. The Balaban J connectivity index is 2.12. The summed E-state index contributed by atoms with van der Waals surface area (Å²) in [6.07, 6.45) is 1.70. The molecule has 3 rings (SSSR count). The molecule has 0 saturated carbocycles. The SMILES string of the molecule is CNc1nc(Nc2c(Br)cccc2Br)c2cn[nH]c2n1. The molecule has 0 atom stereocenters. The van der Waals surface area contributed by atoms with Gasteiger partial charge < -0.3 is 10.6 Å². The Morgan fingerprint density at radius 3 is 2.60 bits per heavy atom. The predicted molar refractivity (Wildman–Crippen MR) is 86.4 cm³/mol. The van der Waals surface area contributed by atoms with Gasteiger partial charge in [0.15, 0.2) is 5.65 Å². The van der Waals surface area contributed by atoms with E-state index >= 15 is 0 Å². The van der Waals surface area contributed by atoms with Gasteiger partial charge in [-0.15, -0.1) is 0 Å². The highest BCUT2D eigenvalue weighted by molar-refractivity contribution is 9.11. The van der Waals surface area contributed by atoms with Gasteiger partial charge in [0.1, 0.15) is 5.82 Å². The topological polar surface area (TPSA) is 78.5 Å².